The molecule has 0 saturated carbocycles. The van der Waals surface area contributed by atoms with Crippen molar-refractivity contribution in [3.05, 3.63) is 29.8 Å². The van der Waals surface area contributed by atoms with Gasteiger partial charge in [-0.05, 0) is 17.5 Å². The summed E-state index contributed by atoms with van der Waals surface area (Å²) in [5.41, 5.74) is 0.878. The van der Waals surface area contributed by atoms with Crippen molar-refractivity contribution in [2.75, 3.05) is 13.6 Å². The van der Waals surface area contributed by atoms with Crippen LogP contribution in [0.4, 0.5) is 0 Å². The molecule has 1 aromatic rings. The van der Waals surface area contributed by atoms with Crippen LogP contribution in [0.5, 0.6) is 0 Å². The van der Waals surface area contributed by atoms with E-state index in [1.54, 1.807) is 19.2 Å². The lowest BCUT2D eigenvalue weighted by Crippen LogP contribution is -2.27. The molecule has 0 bridgehead atoms. The minimum atomic E-state index is -3.33. The van der Waals surface area contributed by atoms with Gasteiger partial charge in [0, 0.05) is 13.6 Å². The molecule has 0 saturated heterocycles. The van der Waals surface area contributed by atoms with Crippen LogP contribution >= 0.6 is 0 Å². The number of hydrogen-bond donors (Lipinski definition) is 0. The second kappa shape index (κ2) is 4.97. The Labute approximate surface area is 98.1 Å². The Morgan fingerprint density at radius 3 is 2.31 bits per heavy atom. The van der Waals surface area contributed by atoms with E-state index in [2.05, 4.69) is 0 Å². The van der Waals surface area contributed by atoms with Gasteiger partial charge in [-0.3, -0.25) is 0 Å². The maximum atomic E-state index is 12.2. The zero-order valence-electron chi connectivity index (χ0n) is 10.3. The molecule has 0 heterocycles. The van der Waals surface area contributed by atoms with Crippen LogP contribution in [0.15, 0.2) is 29.2 Å². The largest absolute Gasteiger partial charge is 0.243 e. The number of hydrogen-bond acceptors (Lipinski definition) is 2. The van der Waals surface area contributed by atoms with E-state index in [1.807, 2.05) is 32.9 Å². The summed E-state index contributed by atoms with van der Waals surface area (Å²) in [6.45, 7) is 6.31. The van der Waals surface area contributed by atoms with Crippen molar-refractivity contribution >= 4 is 10.0 Å². The summed E-state index contributed by atoms with van der Waals surface area (Å²) in [6, 6.07) is 7.19. The van der Waals surface area contributed by atoms with E-state index in [1.165, 1.54) is 4.31 Å². The Hall–Kier alpha value is -0.870. The van der Waals surface area contributed by atoms with Crippen LogP contribution in [0.3, 0.4) is 0 Å². The van der Waals surface area contributed by atoms with Gasteiger partial charge in [0.05, 0.1) is 4.90 Å². The minimum absolute atomic E-state index is 0.205. The fourth-order valence-electron chi connectivity index (χ4n) is 1.53. The van der Waals surface area contributed by atoms with Crippen molar-refractivity contribution in [2.45, 2.75) is 31.6 Å². The lowest BCUT2D eigenvalue weighted by atomic mass is 10.0. The zero-order chi connectivity index (χ0) is 12.3. The second-order valence-electron chi connectivity index (χ2n) is 4.11. The highest BCUT2D eigenvalue weighted by atomic mass is 32.2. The molecule has 3 nitrogen and oxygen atoms in total. The van der Waals surface area contributed by atoms with Crippen LogP contribution in [-0.2, 0) is 10.0 Å². The fourth-order valence-corrected chi connectivity index (χ4v) is 3.06. The van der Waals surface area contributed by atoms with Gasteiger partial charge in [0.15, 0.2) is 0 Å². The topological polar surface area (TPSA) is 37.4 Å². The summed E-state index contributed by atoms with van der Waals surface area (Å²) in [6.07, 6.45) is 0. The lowest BCUT2D eigenvalue weighted by molar-refractivity contribution is 0.485. The molecule has 4 heteroatoms. The molecule has 90 valence electrons. The molecule has 1 rings (SSSR count). The predicted octanol–water partition coefficient (Wildman–Crippen LogP) is 2.45. The molecule has 1 aromatic carbocycles. The van der Waals surface area contributed by atoms with Gasteiger partial charge in [-0.2, -0.15) is 0 Å². The molecular formula is C12H19NO2S. The molecular weight excluding hydrogens is 222 g/mol. The van der Waals surface area contributed by atoms with E-state index < -0.39 is 10.0 Å². The van der Waals surface area contributed by atoms with Gasteiger partial charge in [0.2, 0.25) is 10.0 Å². The quantitative estimate of drug-likeness (QED) is 0.812. The van der Waals surface area contributed by atoms with E-state index in [4.69, 9.17) is 0 Å². The third-order valence-corrected chi connectivity index (χ3v) is 4.68. The number of sulfonamides is 1. The van der Waals surface area contributed by atoms with Gasteiger partial charge in [-0.25, -0.2) is 12.7 Å². The fraction of sp³-hybridized carbons (Fsp3) is 0.500. The minimum Gasteiger partial charge on any atom is -0.207 e. The SMILES string of the molecule is CCN(C)S(=O)(=O)c1ccccc1C(C)C. The van der Waals surface area contributed by atoms with Gasteiger partial charge in [0.25, 0.3) is 0 Å². The summed E-state index contributed by atoms with van der Waals surface area (Å²) >= 11 is 0. The first-order valence-electron chi connectivity index (χ1n) is 5.46. The van der Waals surface area contributed by atoms with Crippen LogP contribution < -0.4 is 0 Å². The van der Waals surface area contributed by atoms with Crippen molar-refractivity contribution in [1.29, 1.82) is 0 Å². The van der Waals surface area contributed by atoms with Crippen LogP contribution in [0.2, 0.25) is 0 Å². The van der Waals surface area contributed by atoms with Gasteiger partial charge >= 0.3 is 0 Å². The van der Waals surface area contributed by atoms with Gasteiger partial charge < -0.3 is 0 Å². The zero-order valence-corrected chi connectivity index (χ0v) is 11.1. The molecule has 0 aliphatic rings. The monoisotopic (exact) mass is 241 g/mol. The second-order valence-corrected chi connectivity index (χ2v) is 6.13. The highest BCUT2D eigenvalue weighted by molar-refractivity contribution is 7.89. The van der Waals surface area contributed by atoms with Crippen molar-refractivity contribution in [3.63, 3.8) is 0 Å². The van der Waals surface area contributed by atoms with Crippen molar-refractivity contribution in [2.24, 2.45) is 0 Å². The number of benzene rings is 1. The van der Waals surface area contributed by atoms with E-state index in [9.17, 15) is 8.42 Å². The third kappa shape index (κ3) is 2.44. The summed E-state index contributed by atoms with van der Waals surface area (Å²) in [7, 11) is -1.73. The van der Waals surface area contributed by atoms with E-state index in [0.29, 0.717) is 11.4 Å². The molecule has 0 amide bonds. The van der Waals surface area contributed by atoms with Crippen molar-refractivity contribution < 1.29 is 8.42 Å². The summed E-state index contributed by atoms with van der Waals surface area (Å²) < 4.78 is 25.8. The van der Waals surface area contributed by atoms with Crippen molar-refractivity contribution in [3.8, 4) is 0 Å². The first kappa shape index (κ1) is 13.2. The molecule has 0 unspecified atom stereocenters. The Morgan fingerprint density at radius 2 is 1.81 bits per heavy atom. The molecule has 0 N–H and O–H groups in total. The van der Waals surface area contributed by atoms with Crippen molar-refractivity contribution in [1.82, 2.24) is 4.31 Å². The maximum Gasteiger partial charge on any atom is 0.243 e. The number of rotatable bonds is 4. The highest BCUT2D eigenvalue weighted by Gasteiger charge is 2.23. The highest BCUT2D eigenvalue weighted by Crippen LogP contribution is 2.25. The Morgan fingerprint density at radius 1 is 1.25 bits per heavy atom. The Kier molecular flexibility index (Phi) is 4.10. The smallest absolute Gasteiger partial charge is 0.207 e. The molecule has 0 aliphatic carbocycles. The molecule has 0 spiro atoms. The Bertz CT molecular complexity index is 452. The lowest BCUT2D eigenvalue weighted by Gasteiger charge is -2.18. The molecule has 0 atom stereocenters. The first-order chi connectivity index (χ1) is 7.41. The standard InChI is InChI=1S/C12H19NO2S/c1-5-13(4)16(14,15)12-9-7-6-8-11(12)10(2)3/h6-10H,5H2,1-4H3. The average molecular weight is 241 g/mol. The van der Waals surface area contributed by atoms with Crippen LogP contribution in [-0.4, -0.2) is 26.3 Å². The van der Waals surface area contributed by atoms with Crippen LogP contribution in [0.25, 0.3) is 0 Å². The molecule has 0 aliphatic heterocycles. The average Bonchev–Trinajstić information content (AvgIpc) is 2.27. The van der Waals surface area contributed by atoms with E-state index in [-0.39, 0.29) is 5.92 Å². The first-order valence-corrected chi connectivity index (χ1v) is 6.90. The predicted molar refractivity (Wildman–Crippen MR) is 66.0 cm³/mol. The van der Waals surface area contributed by atoms with E-state index >= 15 is 0 Å². The Balaban J connectivity index is 3.33. The van der Waals surface area contributed by atoms with E-state index in [0.717, 1.165) is 5.56 Å². The maximum absolute atomic E-state index is 12.2. The van der Waals surface area contributed by atoms with Crippen LogP contribution in [0.1, 0.15) is 32.3 Å². The van der Waals surface area contributed by atoms with Crippen LogP contribution in [0, 0.1) is 0 Å². The van der Waals surface area contributed by atoms with Gasteiger partial charge in [-0.15, -0.1) is 0 Å². The normalized spacial score (nSPS) is 12.4. The summed E-state index contributed by atoms with van der Waals surface area (Å²) in [5.74, 6) is 0.205. The molecule has 0 aromatic heterocycles. The summed E-state index contributed by atoms with van der Waals surface area (Å²) in [5, 5.41) is 0. The molecule has 0 radical (unpaired) electrons. The molecule has 16 heavy (non-hydrogen) atoms. The van der Waals surface area contributed by atoms with Gasteiger partial charge in [0.1, 0.15) is 0 Å². The number of nitrogens with zero attached hydrogens (tertiary/aromatic N) is 1. The molecule has 0 fully saturated rings. The summed E-state index contributed by atoms with van der Waals surface area (Å²) in [4.78, 5) is 0.425. The van der Waals surface area contributed by atoms with Gasteiger partial charge in [-0.1, -0.05) is 39.0 Å². The third-order valence-electron chi connectivity index (χ3n) is 2.67.